The van der Waals surface area contributed by atoms with Gasteiger partial charge >= 0.3 is 0 Å². The summed E-state index contributed by atoms with van der Waals surface area (Å²) in [6.07, 6.45) is 6.80. The lowest BCUT2D eigenvalue weighted by molar-refractivity contribution is -0.115. The van der Waals surface area contributed by atoms with Crippen molar-refractivity contribution in [2.24, 2.45) is 0 Å². The van der Waals surface area contributed by atoms with Crippen molar-refractivity contribution < 1.29 is 14.3 Å². The minimum Gasteiger partial charge on any atom is -0.378 e. The summed E-state index contributed by atoms with van der Waals surface area (Å²) in [5.41, 5.74) is 1.59. The van der Waals surface area contributed by atoms with Crippen LogP contribution in [0.5, 0.6) is 0 Å². The summed E-state index contributed by atoms with van der Waals surface area (Å²) < 4.78 is 5.47. The van der Waals surface area contributed by atoms with Crippen molar-refractivity contribution in [1.29, 1.82) is 0 Å². The molecule has 3 fully saturated rings. The summed E-state index contributed by atoms with van der Waals surface area (Å²) in [6, 6.07) is 1.86. The normalized spacial score (nSPS) is 20.8. The Labute approximate surface area is 188 Å². The maximum absolute atomic E-state index is 12.0. The number of aromatic nitrogens is 4. The van der Waals surface area contributed by atoms with Gasteiger partial charge in [-0.25, -0.2) is 15.0 Å². The van der Waals surface area contributed by atoms with Crippen LogP contribution in [0.4, 0.5) is 22.2 Å². The van der Waals surface area contributed by atoms with E-state index in [-0.39, 0.29) is 5.24 Å². The Kier molecular flexibility index (Phi) is 5.86. The molecule has 166 valence electrons. The number of anilines is 3. The van der Waals surface area contributed by atoms with Crippen LogP contribution >= 0.6 is 11.8 Å². The molecule has 12 heteroatoms. The Balaban J connectivity index is 1.40. The number of piperazine rings is 1. The second-order valence-electron chi connectivity index (χ2n) is 7.47. The number of nitrogens with zero attached hydrogens (tertiary/aromatic N) is 7. The molecule has 2 aromatic rings. The van der Waals surface area contributed by atoms with Gasteiger partial charge < -0.3 is 19.4 Å². The van der Waals surface area contributed by atoms with E-state index in [0.717, 1.165) is 62.5 Å². The molecule has 0 aliphatic carbocycles. The molecule has 0 spiro atoms. The van der Waals surface area contributed by atoms with Crippen molar-refractivity contribution in [3.05, 3.63) is 35.4 Å². The van der Waals surface area contributed by atoms with Gasteiger partial charge in [0.15, 0.2) is 0 Å². The van der Waals surface area contributed by atoms with Crippen LogP contribution in [0.15, 0.2) is 29.7 Å². The average Bonchev–Trinajstić information content (AvgIpc) is 3.16. The SMILES string of the molecule is O=C1NC(=O)C(=Cc2cc(N3CCOCC3)nc(N3CCN(c4cncnc4)CC3)n2)S1. The molecule has 2 amide bonds. The van der Waals surface area contributed by atoms with Crippen LogP contribution in [-0.2, 0) is 9.53 Å². The number of thioether (sulfide) groups is 1. The van der Waals surface area contributed by atoms with E-state index in [2.05, 4.69) is 30.0 Å². The fourth-order valence-corrected chi connectivity index (χ4v) is 4.45. The highest BCUT2D eigenvalue weighted by atomic mass is 32.2. The van der Waals surface area contributed by atoms with Crippen molar-refractivity contribution in [2.75, 3.05) is 67.2 Å². The molecular formula is C20H22N8O3S. The first kappa shape index (κ1) is 20.6. The van der Waals surface area contributed by atoms with Gasteiger partial charge in [0.05, 0.1) is 41.9 Å². The maximum atomic E-state index is 12.0. The van der Waals surface area contributed by atoms with E-state index in [0.29, 0.717) is 29.8 Å². The molecule has 0 radical (unpaired) electrons. The van der Waals surface area contributed by atoms with Crippen LogP contribution in [0.2, 0.25) is 0 Å². The molecule has 3 aliphatic heterocycles. The second-order valence-corrected chi connectivity index (χ2v) is 8.49. The van der Waals surface area contributed by atoms with Gasteiger partial charge in [-0.15, -0.1) is 0 Å². The van der Waals surface area contributed by atoms with E-state index in [9.17, 15) is 9.59 Å². The van der Waals surface area contributed by atoms with Crippen LogP contribution in [0.3, 0.4) is 0 Å². The first-order valence-corrected chi connectivity index (χ1v) is 11.2. The molecular weight excluding hydrogens is 432 g/mol. The summed E-state index contributed by atoms with van der Waals surface area (Å²) in [5, 5.41) is 1.91. The largest absolute Gasteiger partial charge is 0.378 e. The molecule has 3 saturated heterocycles. The second kappa shape index (κ2) is 9.09. The third-order valence-electron chi connectivity index (χ3n) is 5.45. The van der Waals surface area contributed by atoms with Crippen molar-refractivity contribution in [2.45, 2.75) is 0 Å². The minimum atomic E-state index is -0.397. The smallest absolute Gasteiger partial charge is 0.290 e. The molecule has 0 saturated carbocycles. The number of rotatable bonds is 4. The van der Waals surface area contributed by atoms with E-state index in [1.165, 1.54) is 6.33 Å². The number of amides is 2. The molecule has 0 bridgehead atoms. The van der Waals surface area contributed by atoms with Gasteiger partial charge in [0, 0.05) is 45.3 Å². The van der Waals surface area contributed by atoms with Crippen LogP contribution in [0.1, 0.15) is 5.69 Å². The van der Waals surface area contributed by atoms with Crippen LogP contribution in [0, 0.1) is 0 Å². The first-order chi connectivity index (χ1) is 15.7. The van der Waals surface area contributed by atoms with Crippen molar-refractivity contribution in [3.63, 3.8) is 0 Å². The highest BCUT2D eigenvalue weighted by Crippen LogP contribution is 2.27. The summed E-state index contributed by atoms with van der Waals surface area (Å²) in [5.74, 6) is 1.00. The standard InChI is InChI=1S/C20H22N8O3S/c29-18-16(32-20(30)25-18)9-14-10-17(27-5-7-31-8-6-27)24-19(23-14)28-3-1-26(2-4-28)15-11-21-13-22-12-15/h9-13H,1-8H2,(H,25,29,30). The molecule has 32 heavy (non-hydrogen) atoms. The van der Waals surface area contributed by atoms with Gasteiger partial charge in [-0.3, -0.25) is 14.9 Å². The number of hydrogen-bond acceptors (Lipinski definition) is 11. The Bertz CT molecular complexity index is 1040. The highest BCUT2D eigenvalue weighted by molar-refractivity contribution is 8.18. The predicted octanol–water partition coefficient (Wildman–Crippen LogP) is 0.754. The molecule has 5 heterocycles. The van der Waals surface area contributed by atoms with Gasteiger partial charge in [-0.05, 0) is 17.8 Å². The summed E-state index contributed by atoms with van der Waals surface area (Å²) in [7, 11) is 0. The van der Waals surface area contributed by atoms with Crippen LogP contribution < -0.4 is 20.0 Å². The van der Waals surface area contributed by atoms with Gasteiger partial charge in [0.1, 0.15) is 12.1 Å². The number of carbonyl (C=O) groups is 2. The minimum absolute atomic E-state index is 0.335. The number of morpholine rings is 1. The molecule has 11 nitrogen and oxygen atoms in total. The molecule has 3 aliphatic rings. The monoisotopic (exact) mass is 454 g/mol. The average molecular weight is 455 g/mol. The van der Waals surface area contributed by atoms with Crippen molar-refractivity contribution in [3.8, 4) is 0 Å². The third-order valence-corrected chi connectivity index (χ3v) is 6.26. The highest BCUT2D eigenvalue weighted by Gasteiger charge is 2.26. The molecule has 0 unspecified atom stereocenters. The number of ether oxygens (including phenoxy) is 1. The quantitative estimate of drug-likeness (QED) is 0.660. The molecule has 0 atom stereocenters. The fraction of sp³-hybridized carbons (Fsp3) is 0.400. The van der Waals surface area contributed by atoms with E-state index >= 15 is 0 Å². The number of imide groups is 1. The topological polar surface area (TPSA) is 117 Å². The van der Waals surface area contributed by atoms with Crippen LogP contribution in [-0.4, -0.2) is 83.6 Å². The lowest BCUT2D eigenvalue weighted by Gasteiger charge is -2.36. The van der Waals surface area contributed by atoms with Crippen molar-refractivity contribution in [1.82, 2.24) is 25.3 Å². The first-order valence-electron chi connectivity index (χ1n) is 10.4. The zero-order valence-electron chi connectivity index (χ0n) is 17.3. The summed E-state index contributed by atoms with van der Waals surface area (Å²) in [6.45, 7) is 5.82. The Morgan fingerprint density at radius 3 is 2.34 bits per heavy atom. The molecule has 0 aromatic carbocycles. The van der Waals surface area contributed by atoms with Gasteiger partial charge in [-0.2, -0.15) is 4.98 Å². The van der Waals surface area contributed by atoms with Gasteiger partial charge in [0.25, 0.3) is 11.1 Å². The Morgan fingerprint density at radius 2 is 1.66 bits per heavy atom. The maximum Gasteiger partial charge on any atom is 0.290 e. The summed E-state index contributed by atoms with van der Waals surface area (Å²) >= 11 is 0.885. The van der Waals surface area contributed by atoms with Crippen LogP contribution in [0.25, 0.3) is 6.08 Å². The fourth-order valence-electron chi connectivity index (χ4n) is 3.78. The zero-order chi connectivity index (χ0) is 21.9. The lowest BCUT2D eigenvalue weighted by atomic mass is 10.3. The van der Waals surface area contributed by atoms with E-state index < -0.39 is 5.91 Å². The Morgan fingerprint density at radius 1 is 0.938 bits per heavy atom. The van der Waals surface area contributed by atoms with Crippen molar-refractivity contribution >= 4 is 46.4 Å². The van der Waals surface area contributed by atoms with E-state index in [1.807, 2.05) is 18.5 Å². The lowest BCUT2D eigenvalue weighted by Crippen LogP contribution is -2.47. The van der Waals surface area contributed by atoms with E-state index in [1.54, 1.807) is 6.08 Å². The zero-order valence-corrected chi connectivity index (χ0v) is 18.1. The summed E-state index contributed by atoms with van der Waals surface area (Å²) in [4.78, 5) is 48.2. The molecule has 2 aromatic heterocycles. The van der Waals surface area contributed by atoms with Gasteiger partial charge in [0.2, 0.25) is 5.95 Å². The third kappa shape index (κ3) is 4.50. The molecule has 5 rings (SSSR count). The molecule has 1 N–H and O–H groups in total. The number of carbonyl (C=O) groups excluding carboxylic acids is 2. The number of hydrogen-bond donors (Lipinski definition) is 1. The van der Waals surface area contributed by atoms with Gasteiger partial charge in [-0.1, -0.05) is 0 Å². The predicted molar refractivity (Wildman–Crippen MR) is 121 cm³/mol. The van der Waals surface area contributed by atoms with E-state index in [4.69, 9.17) is 14.7 Å². The Hall–Kier alpha value is -3.25. The number of nitrogens with one attached hydrogen (secondary N) is 1.